The highest BCUT2D eigenvalue weighted by atomic mass is 16.7. The van der Waals surface area contributed by atoms with Crippen LogP contribution >= 0.6 is 0 Å². The Labute approximate surface area is 333 Å². The van der Waals surface area contributed by atoms with Gasteiger partial charge >= 0.3 is 11.9 Å². The summed E-state index contributed by atoms with van der Waals surface area (Å²) < 4.78 is 57.7. The number of rotatable bonds is 18. The maximum absolute atomic E-state index is 12.9. The minimum Gasteiger partial charge on any atom is -0.457 e. The highest BCUT2D eigenvalue weighted by molar-refractivity contribution is 5.67. The summed E-state index contributed by atoms with van der Waals surface area (Å²) in [7, 11) is 0. The molecule has 12 heteroatoms. The average molecular weight is 785 g/mol. The first-order valence-corrected chi connectivity index (χ1v) is 19.3. The van der Waals surface area contributed by atoms with Gasteiger partial charge in [0.25, 0.3) is 0 Å². The molecule has 304 valence electrons. The molecule has 0 saturated carbocycles. The van der Waals surface area contributed by atoms with Gasteiger partial charge in [0.05, 0.1) is 45.7 Å². The van der Waals surface area contributed by atoms with Crippen LogP contribution in [0.2, 0.25) is 0 Å². The standard InChI is InChI=1S/C45H52O12/c1-30-39(50-26-34-18-10-5-11-19-34)43(40(37(24-46)53-30)51-27-35-20-12-6-13-21-35)57-45-44(55-32(3)48)42(52-28-36-22-14-7-15-23-36)41(54-31(2)47)38(56-45)29-49-25-33-16-8-4-9-17-33/h4-23,30,37-46H,24-29H2,1-3H3/t30-,37?,38?,39?,40-,41-,42?,43-,44?,45-/m1/s1. The van der Waals surface area contributed by atoms with Crippen LogP contribution in [-0.2, 0) is 78.6 Å². The van der Waals surface area contributed by atoms with Crippen LogP contribution in [0.4, 0.5) is 0 Å². The van der Waals surface area contributed by atoms with E-state index in [1.54, 1.807) is 0 Å². The Balaban J connectivity index is 1.36. The summed E-state index contributed by atoms with van der Waals surface area (Å²) >= 11 is 0. The third-order valence-electron chi connectivity index (χ3n) is 9.78. The summed E-state index contributed by atoms with van der Waals surface area (Å²) in [6.07, 6.45) is -9.59. The molecule has 10 atom stereocenters. The minimum atomic E-state index is -1.31. The fourth-order valence-electron chi connectivity index (χ4n) is 7.12. The van der Waals surface area contributed by atoms with Gasteiger partial charge in [-0.15, -0.1) is 0 Å². The maximum Gasteiger partial charge on any atom is 0.303 e. The second kappa shape index (κ2) is 21.3. The molecule has 5 unspecified atom stereocenters. The van der Waals surface area contributed by atoms with Crippen molar-refractivity contribution in [2.24, 2.45) is 0 Å². The number of hydrogen-bond acceptors (Lipinski definition) is 12. The van der Waals surface area contributed by atoms with E-state index < -0.39 is 73.2 Å². The number of esters is 2. The lowest BCUT2D eigenvalue weighted by Gasteiger charge is -2.49. The molecule has 0 amide bonds. The van der Waals surface area contributed by atoms with Gasteiger partial charge in [-0.05, 0) is 29.2 Å². The van der Waals surface area contributed by atoms with E-state index in [9.17, 15) is 14.7 Å². The smallest absolute Gasteiger partial charge is 0.303 e. The minimum absolute atomic E-state index is 0.0317. The van der Waals surface area contributed by atoms with E-state index in [0.717, 1.165) is 22.3 Å². The second-order valence-electron chi connectivity index (χ2n) is 14.1. The molecule has 0 aromatic heterocycles. The van der Waals surface area contributed by atoms with Gasteiger partial charge in [0.15, 0.2) is 18.5 Å². The first-order chi connectivity index (χ1) is 27.8. The molecule has 0 aliphatic carbocycles. The number of benzene rings is 4. The van der Waals surface area contributed by atoms with Crippen molar-refractivity contribution in [2.45, 2.75) is 108 Å². The van der Waals surface area contributed by atoms with Crippen LogP contribution in [0.25, 0.3) is 0 Å². The third kappa shape index (κ3) is 12.0. The number of ether oxygens (including phenoxy) is 9. The van der Waals surface area contributed by atoms with Crippen molar-refractivity contribution in [2.75, 3.05) is 13.2 Å². The lowest BCUT2D eigenvalue weighted by Crippen LogP contribution is -2.66. The molecule has 4 aromatic carbocycles. The van der Waals surface area contributed by atoms with Crippen molar-refractivity contribution in [3.05, 3.63) is 144 Å². The summed E-state index contributed by atoms with van der Waals surface area (Å²) in [5, 5.41) is 10.7. The molecule has 2 saturated heterocycles. The van der Waals surface area contributed by atoms with Crippen LogP contribution in [0, 0.1) is 0 Å². The molecule has 1 N–H and O–H groups in total. The van der Waals surface area contributed by atoms with Crippen LogP contribution in [0.15, 0.2) is 121 Å². The van der Waals surface area contributed by atoms with Gasteiger partial charge in [0, 0.05) is 13.8 Å². The zero-order valence-corrected chi connectivity index (χ0v) is 32.5. The van der Waals surface area contributed by atoms with Crippen LogP contribution in [0.5, 0.6) is 0 Å². The van der Waals surface area contributed by atoms with Crippen molar-refractivity contribution < 1.29 is 57.3 Å². The van der Waals surface area contributed by atoms with Crippen molar-refractivity contribution >= 4 is 11.9 Å². The normalized spacial score (nSPS) is 27.4. The summed E-state index contributed by atoms with van der Waals surface area (Å²) in [5.41, 5.74) is 3.60. The van der Waals surface area contributed by atoms with Gasteiger partial charge in [-0.1, -0.05) is 121 Å². The third-order valence-corrected chi connectivity index (χ3v) is 9.78. The molecule has 0 radical (unpaired) electrons. The fraction of sp³-hybridized carbons (Fsp3) is 0.422. The zero-order valence-electron chi connectivity index (χ0n) is 32.5. The summed E-state index contributed by atoms with van der Waals surface area (Å²) in [6.45, 7) is 4.75. The summed E-state index contributed by atoms with van der Waals surface area (Å²) in [5.74, 6) is -1.22. The van der Waals surface area contributed by atoms with Crippen molar-refractivity contribution in [1.82, 2.24) is 0 Å². The van der Waals surface area contributed by atoms with Gasteiger partial charge in [-0.2, -0.15) is 0 Å². The Morgan fingerprint density at radius 1 is 0.526 bits per heavy atom. The van der Waals surface area contributed by atoms with Gasteiger partial charge in [0.1, 0.15) is 36.6 Å². The first kappa shape index (κ1) is 42.1. The van der Waals surface area contributed by atoms with Crippen molar-refractivity contribution in [1.29, 1.82) is 0 Å². The maximum atomic E-state index is 12.9. The number of carbonyl (C=O) groups is 2. The molecule has 0 spiro atoms. The molecule has 12 nitrogen and oxygen atoms in total. The molecule has 57 heavy (non-hydrogen) atoms. The molecular weight excluding hydrogens is 732 g/mol. The Morgan fingerprint density at radius 2 is 0.965 bits per heavy atom. The number of hydrogen-bond donors (Lipinski definition) is 1. The highest BCUT2D eigenvalue weighted by Gasteiger charge is 2.55. The molecule has 2 aliphatic rings. The fourth-order valence-corrected chi connectivity index (χ4v) is 7.12. The topological polar surface area (TPSA) is 137 Å². The Morgan fingerprint density at radius 3 is 1.44 bits per heavy atom. The van der Waals surface area contributed by atoms with Crippen LogP contribution < -0.4 is 0 Å². The van der Waals surface area contributed by atoms with Crippen LogP contribution in [-0.4, -0.2) is 91.5 Å². The predicted molar refractivity (Wildman–Crippen MR) is 207 cm³/mol. The zero-order chi connectivity index (χ0) is 40.0. The lowest BCUT2D eigenvalue weighted by atomic mass is 9.94. The summed E-state index contributed by atoms with van der Waals surface area (Å²) in [4.78, 5) is 25.6. The first-order valence-electron chi connectivity index (χ1n) is 19.3. The van der Waals surface area contributed by atoms with E-state index in [2.05, 4.69) is 0 Å². The molecule has 2 fully saturated rings. The van der Waals surface area contributed by atoms with Gasteiger partial charge in [-0.25, -0.2) is 0 Å². The Bertz CT molecular complexity index is 1780. The largest absolute Gasteiger partial charge is 0.457 e. The monoisotopic (exact) mass is 784 g/mol. The second-order valence-corrected chi connectivity index (χ2v) is 14.1. The van der Waals surface area contributed by atoms with Gasteiger partial charge in [0.2, 0.25) is 0 Å². The van der Waals surface area contributed by atoms with E-state index in [1.807, 2.05) is 128 Å². The van der Waals surface area contributed by atoms with E-state index in [0.29, 0.717) is 0 Å². The van der Waals surface area contributed by atoms with Crippen LogP contribution in [0.3, 0.4) is 0 Å². The quantitative estimate of drug-likeness (QED) is 0.124. The molecule has 6 rings (SSSR count). The number of aliphatic hydroxyl groups excluding tert-OH is 1. The Kier molecular flexibility index (Phi) is 15.7. The van der Waals surface area contributed by atoms with Crippen molar-refractivity contribution in [3.63, 3.8) is 0 Å². The SMILES string of the molecule is CC(=O)OC1C(OCc2ccccc2)[C@H](OC(C)=O)C(COCc2ccccc2)O[C@@H]1O[C@@H]1C(OCc2ccccc2)[C@@H](C)OC(CO)[C@H]1OCc1ccccc1. The van der Waals surface area contributed by atoms with Crippen LogP contribution in [0.1, 0.15) is 43.0 Å². The average Bonchev–Trinajstić information content (AvgIpc) is 3.22. The molecule has 2 aliphatic heterocycles. The Hall–Kier alpha value is -4.50. The van der Waals surface area contributed by atoms with Gasteiger partial charge in [-0.3, -0.25) is 9.59 Å². The lowest BCUT2D eigenvalue weighted by molar-refractivity contribution is -0.354. The van der Waals surface area contributed by atoms with E-state index in [1.165, 1.54) is 13.8 Å². The van der Waals surface area contributed by atoms with E-state index >= 15 is 0 Å². The van der Waals surface area contributed by atoms with Crippen molar-refractivity contribution in [3.8, 4) is 0 Å². The van der Waals surface area contributed by atoms with E-state index in [-0.39, 0.29) is 39.6 Å². The molecular formula is C45H52O12. The predicted octanol–water partition coefficient (Wildman–Crippen LogP) is 5.71. The van der Waals surface area contributed by atoms with E-state index in [4.69, 9.17) is 42.6 Å². The molecule has 4 aromatic rings. The number of aliphatic hydroxyl groups is 1. The molecule has 2 heterocycles. The molecule has 0 bridgehead atoms. The highest BCUT2D eigenvalue weighted by Crippen LogP contribution is 2.36. The number of carbonyl (C=O) groups excluding carboxylic acids is 2. The van der Waals surface area contributed by atoms with Gasteiger partial charge < -0.3 is 47.7 Å². The summed E-state index contributed by atoms with van der Waals surface area (Å²) in [6, 6.07) is 38.4.